The second-order valence-electron chi connectivity index (χ2n) is 1.90. The van der Waals surface area contributed by atoms with E-state index in [0.29, 0.717) is 11.7 Å². The van der Waals surface area contributed by atoms with E-state index in [-0.39, 0.29) is 0 Å². The van der Waals surface area contributed by atoms with Crippen molar-refractivity contribution in [2.45, 2.75) is 18.6 Å². The molecule has 0 aliphatic carbocycles. The third-order valence-electron chi connectivity index (χ3n) is 1.12. The van der Waals surface area contributed by atoms with Gasteiger partial charge in [0.15, 0.2) is 0 Å². The fourth-order valence-corrected chi connectivity index (χ4v) is 3.24. The highest BCUT2D eigenvalue weighted by molar-refractivity contribution is 8.24. The predicted molar refractivity (Wildman–Crippen MR) is 43.0 cm³/mol. The summed E-state index contributed by atoms with van der Waals surface area (Å²) in [5.41, 5.74) is 0. The molecule has 0 aromatic carbocycles. The van der Waals surface area contributed by atoms with Crippen LogP contribution < -0.4 is 0 Å². The maximum atomic E-state index is 8.33. The van der Waals surface area contributed by atoms with Crippen molar-refractivity contribution in [2.75, 3.05) is 5.75 Å². The van der Waals surface area contributed by atoms with E-state index >= 15 is 0 Å². The lowest BCUT2D eigenvalue weighted by Crippen LogP contribution is -1.97. The minimum Gasteiger partial charge on any atom is -0.198 e. The molecular formula is C6H8NS2. The second kappa shape index (κ2) is 3.38. The number of nitrogens with zero attached hydrogens (tertiary/aromatic N) is 1. The van der Waals surface area contributed by atoms with Gasteiger partial charge < -0.3 is 0 Å². The third kappa shape index (κ3) is 2.11. The molecule has 0 spiro atoms. The molecule has 0 N–H and O–H groups in total. The van der Waals surface area contributed by atoms with Crippen molar-refractivity contribution in [3.8, 4) is 6.07 Å². The van der Waals surface area contributed by atoms with Gasteiger partial charge in [-0.05, 0) is 6.92 Å². The number of thioether (sulfide) groups is 2. The third-order valence-corrected chi connectivity index (χ3v) is 3.95. The van der Waals surface area contributed by atoms with Crippen LogP contribution in [0.25, 0.3) is 0 Å². The summed E-state index contributed by atoms with van der Waals surface area (Å²) < 4.78 is 1.41. The van der Waals surface area contributed by atoms with Crippen LogP contribution in [0.1, 0.15) is 13.3 Å². The molecule has 9 heavy (non-hydrogen) atoms. The van der Waals surface area contributed by atoms with Crippen molar-refractivity contribution in [3.63, 3.8) is 0 Å². The first kappa shape index (κ1) is 7.30. The Hall–Kier alpha value is 0.190. The van der Waals surface area contributed by atoms with Gasteiger partial charge in [0.25, 0.3) is 0 Å². The largest absolute Gasteiger partial charge is 0.198 e. The zero-order valence-corrected chi connectivity index (χ0v) is 6.89. The lowest BCUT2D eigenvalue weighted by atomic mass is 10.4. The van der Waals surface area contributed by atoms with Crippen molar-refractivity contribution in [3.05, 3.63) is 4.58 Å². The smallest absolute Gasteiger partial charge is 0.0821 e. The zero-order chi connectivity index (χ0) is 6.69. The quantitative estimate of drug-likeness (QED) is 0.585. The summed E-state index contributed by atoms with van der Waals surface area (Å²) >= 11 is 3.72. The van der Waals surface area contributed by atoms with E-state index in [4.69, 9.17) is 5.26 Å². The maximum absolute atomic E-state index is 8.33. The summed E-state index contributed by atoms with van der Waals surface area (Å²) in [4.78, 5) is 0. The van der Waals surface area contributed by atoms with Gasteiger partial charge in [0.1, 0.15) is 0 Å². The SMILES string of the molecule is C[C]1SCC(CC#N)S1. The molecule has 1 atom stereocenters. The van der Waals surface area contributed by atoms with E-state index in [1.54, 1.807) is 0 Å². The average molecular weight is 158 g/mol. The van der Waals surface area contributed by atoms with Gasteiger partial charge in [-0.25, -0.2) is 0 Å². The number of hydrogen-bond donors (Lipinski definition) is 0. The van der Waals surface area contributed by atoms with Crippen molar-refractivity contribution in [1.29, 1.82) is 5.26 Å². The summed E-state index contributed by atoms with van der Waals surface area (Å²) in [5.74, 6) is 1.13. The highest BCUT2D eigenvalue weighted by Gasteiger charge is 2.22. The average Bonchev–Trinajstić information content (AvgIpc) is 2.17. The van der Waals surface area contributed by atoms with Crippen LogP contribution in [-0.4, -0.2) is 11.0 Å². The molecule has 1 radical (unpaired) electrons. The molecule has 1 unspecified atom stereocenters. The van der Waals surface area contributed by atoms with E-state index < -0.39 is 0 Å². The first-order chi connectivity index (χ1) is 4.33. The summed E-state index contributed by atoms with van der Waals surface area (Å²) in [6.07, 6.45) is 0.703. The fourth-order valence-electron chi connectivity index (χ4n) is 0.715. The van der Waals surface area contributed by atoms with Crippen LogP contribution in [0.4, 0.5) is 0 Å². The van der Waals surface area contributed by atoms with Crippen LogP contribution in [0.3, 0.4) is 0 Å². The van der Waals surface area contributed by atoms with E-state index in [9.17, 15) is 0 Å². The van der Waals surface area contributed by atoms with Gasteiger partial charge in [0.05, 0.1) is 10.7 Å². The van der Waals surface area contributed by atoms with Crippen LogP contribution in [-0.2, 0) is 0 Å². The van der Waals surface area contributed by atoms with Gasteiger partial charge in [-0.2, -0.15) is 5.26 Å². The van der Waals surface area contributed by atoms with Crippen LogP contribution >= 0.6 is 23.5 Å². The van der Waals surface area contributed by atoms with Crippen molar-refractivity contribution in [1.82, 2.24) is 0 Å². The molecule has 0 bridgehead atoms. The molecule has 0 aromatic rings. The van der Waals surface area contributed by atoms with E-state index in [0.717, 1.165) is 5.75 Å². The molecule has 1 fully saturated rings. The molecule has 49 valence electrons. The van der Waals surface area contributed by atoms with E-state index in [2.05, 4.69) is 13.0 Å². The Morgan fingerprint density at radius 2 is 2.67 bits per heavy atom. The monoisotopic (exact) mass is 158 g/mol. The maximum Gasteiger partial charge on any atom is 0.0821 e. The minimum absolute atomic E-state index is 0.569. The lowest BCUT2D eigenvalue weighted by molar-refractivity contribution is 1.02. The van der Waals surface area contributed by atoms with E-state index in [1.165, 1.54) is 4.58 Å². The highest BCUT2D eigenvalue weighted by atomic mass is 32.2. The van der Waals surface area contributed by atoms with Crippen LogP contribution in [0.15, 0.2) is 0 Å². The Morgan fingerprint density at radius 1 is 1.89 bits per heavy atom. The first-order valence-electron chi connectivity index (χ1n) is 2.83. The predicted octanol–water partition coefficient (Wildman–Crippen LogP) is 2.26. The zero-order valence-electron chi connectivity index (χ0n) is 5.26. The molecular weight excluding hydrogens is 150 g/mol. The van der Waals surface area contributed by atoms with Crippen molar-refractivity contribution in [2.24, 2.45) is 0 Å². The van der Waals surface area contributed by atoms with Gasteiger partial charge in [-0.3, -0.25) is 0 Å². The fraction of sp³-hybridized carbons (Fsp3) is 0.667. The summed E-state index contributed by atoms with van der Waals surface area (Å²) in [6, 6.07) is 2.18. The second-order valence-corrected chi connectivity index (χ2v) is 4.91. The van der Waals surface area contributed by atoms with Gasteiger partial charge in [-0.15, -0.1) is 23.5 Å². The summed E-state index contributed by atoms with van der Waals surface area (Å²) in [6.45, 7) is 2.12. The number of hydrogen-bond acceptors (Lipinski definition) is 3. The van der Waals surface area contributed by atoms with Crippen molar-refractivity contribution >= 4 is 23.5 Å². The molecule has 1 saturated heterocycles. The van der Waals surface area contributed by atoms with Gasteiger partial charge in [-0.1, -0.05) is 0 Å². The number of rotatable bonds is 1. The molecule has 1 aliphatic heterocycles. The number of nitriles is 1. The molecule has 0 saturated carbocycles. The first-order valence-corrected chi connectivity index (χ1v) is 4.69. The Kier molecular flexibility index (Phi) is 2.74. The Bertz CT molecular complexity index is 130. The lowest BCUT2D eigenvalue weighted by Gasteiger charge is -1.98. The van der Waals surface area contributed by atoms with Crippen LogP contribution in [0, 0.1) is 15.9 Å². The molecule has 3 heteroatoms. The Morgan fingerprint density at radius 3 is 3.11 bits per heavy atom. The van der Waals surface area contributed by atoms with E-state index in [1.807, 2.05) is 23.5 Å². The molecule has 0 aromatic heterocycles. The Labute approximate surface area is 64.2 Å². The van der Waals surface area contributed by atoms with Gasteiger partial charge in [0, 0.05) is 17.4 Å². The normalized spacial score (nSPS) is 28.2. The molecule has 1 nitrogen and oxygen atoms in total. The minimum atomic E-state index is 0.569. The van der Waals surface area contributed by atoms with Crippen LogP contribution in [0.2, 0.25) is 0 Å². The molecule has 1 heterocycles. The highest BCUT2D eigenvalue weighted by Crippen LogP contribution is 2.44. The molecule has 0 amide bonds. The topological polar surface area (TPSA) is 23.8 Å². The molecule has 1 rings (SSSR count). The van der Waals surface area contributed by atoms with Gasteiger partial charge >= 0.3 is 0 Å². The molecule has 1 aliphatic rings. The van der Waals surface area contributed by atoms with Gasteiger partial charge in [0.2, 0.25) is 0 Å². The van der Waals surface area contributed by atoms with Crippen LogP contribution in [0.5, 0.6) is 0 Å². The van der Waals surface area contributed by atoms with Crippen molar-refractivity contribution < 1.29 is 0 Å². The Balaban J connectivity index is 2.24. The standard InChI is InChI=1S/C6H8NS2/c1-5-8-4-6(9-5)2-3-7/h6H,2,4H2,1H3. The summed E-state index contributed by atoms with van der Waals surface area (Å²) in [7, 11) is 0. The summed E-state index contributed by atoms with van der Waals surface area (Å²) in [5, 5.41) is 8.90.